The maximum absolute atomic E-state index is 11.8. The van der Waals surface area contributed by atoms with Crippen molar-refractivity contribution in [1.29, 1.82) is 0 Å². The number of ether oxygens (including phenoxy) is 3. The number of carboxylic acid groups (broad SMARTS) is 1. The number of carboxylic acids is 1. The molecule has 3 aromatic carbocycles. The molecule has 0 aliphatic heterocycles. The number of pyridine rings is 1. The van der Waals surface area contributed by atoms with E-state index in [9.17, 15) is 9.90 Å². The van der Waals surface area contributed by atoms with E-state index in [4.69, 9.17) is 37.4 Å². The first-order chi connectivity index (χ1) is 18.7. The molecule has 8 heteroatoms. The minimum atomic E-state index is -1.11. The third-order valence-corrected chi connectivity index (χ3v) is 6.54. The zero-order chi connectivity index (χ0) is 27.9. The Bertz CT molecular complexity index is 1550. The molecule has 0 spiro atoms. The average molecular weight is 564 g/mol. The standard InChI is InChI=1S/C31H27Cl2NO5/c1-19(2)17-38-30(18-39-29-12-11-24(37-3)15-25(29)31(35)36)22-6-4-5-20(13-22)7-9-23-10-8-21-14-26(32)27(33)16-28(21)34-23/h4-16,30H,1,17-18H2,2-3H3,(H,35,36)/b9-7+/t30-/m0/s1. The normalized spacial score (nSPS) is 12.0. The third-order valence-electron chi connectivity index (χ3n) is 5.82. The summed E-state index contributed by atoms with van der Waals surface area (Å²) in [5, 5.41) is 11.5. The Morgan fingerprint density at radius 1 is 1.05 bits per heavy atom. The van der Waals surface area contributed by atoms with Crippen LogP contribution in [0.25, 0.3) is 23.1 Å². The lowest BCUT2D eigenvalue weighted by Crippen LogP contribution is -2.16. The van der Waals surface area contributed by atoms with Gasteiger partial charge in [-0.1, -0.05) is 65.7 Å². The molecule has 4 aromatic rings. The van der Waals surface area contributed by atoms with E-state index in [1.165, 1.54) is 13.2 Å². The molecule has 0 fully saturated rings. The Hall–Kier alpha value is -3.84. The molecule has 1 N–H and O–H groups in total. The van der Waals surface area contributed by atoms with Gasteiger partial charge in [0.05, 0.1) is 35.0 Å². The number of hydrogen-bond acceptors (Lipinski definition) is 5. The van der Waals surface area contributed by atoms with Crippen LogP contribution in [-0.2, 0) is 4.74 Å². The van der Waals surface area contributed by atoms with E-state index in [2.05, 4.69) is 11.6 Å². The van der Waals surface area contributed by atoms with Gasteiger partial charge in [-0.25, -0.2) is 9.78 Å². The zero-order valence-electron chi connectivity index (χ0n) is 21.5. The van der Waals surface area contributed by atoms with Gasteiger partial charge < -0.3 is 19.3 Å². The molecule has 0 unspecified atom stereocenters. The SMILES string of the molecule is C=C(C)CO[C@@H](COc1ccc(OC)cc1C(=O)O)c1cccc(/C=C/c2ccc3cc(Cl)c(Cl)cc3n2)c1. The Labute approximate surface area is 237 Å². The summed E-state index contributed by atoms with van der Waals surface area (Å²) < 4.78 is 17.2. The first-order valence-corrected chi connectivity index (χ1v) is 12.8. The number of aromatic nitrogens is 1. The van der Waals surface area contributed by atoms with E-state index < -0.39 is 12.1 Å². The fourth-order valence-electron chi connectivity index (χ4n) is 3.85. The predicted molar refractivity (Wildman–Crippen MR) is 156 cm³/mol. The smallest absolute Gasteiger partial charge is 0.339 e. The Kier molecular flexibility index (Phi) is 9.25. The second-order valence-electron chi connectivity index (χ2n) is 8.93. The Balaban J connectivity index is 1.56. The van der Waals surface area contributed by atoms with Crippen molar-refractivity contribution in [2.24, 2.45) is 0 Å². The summed E-state index contributed by atoms with van der Waals surface area (Å²) in [7, 11) is 1.48. The van der Waals surface area contributed by atoms with Crippen molar-refractivity contribution >= 4 is 52.2 Å². The van der Waals surface area contributed by atoms with Crippen LogP contribution in [0.1, 0.15) is 40.2 Å². The van der Waals surface area contributed by atoms with E-state index in [0.29, 0.717) is 22.4 Å². The molecule has 0 saturated heterocycles. The molecule has 0 bridgehead atoms. The molecule has 39 heavy (non-hydrogen) atoms. The van der Waals surface area contributed by atoms with Crippen LogP contribution in [-0.4, -0.2) is 36.4 Å². The van der Waals surface area contributed by atoms with Gasteiger partial charge in [-0.2, -0.15) is 0 Å². The van der Waals surface area contributed by atoms with Gasteiger partial charge in [0.1, 0.15) is 29.8 Å². The second-order valence-corrected chi connectivity index (χ2v) is 9.75. The molecular weight excluding hydrogens is 537 g/mol. The minimum absolute atomic E-state index is 0.0103. The molecular formula is C31H27Cl2NO5. The molecule has 200 valence electrons. The first kappa shape index (κ1) is 28.2. The average Bonchev–Trinajstić information content (AvgIpc) is 2.92. The predicted octanol–water partition coefficient (Wildman–Crippen LogP) is 8.13. The van der Waals surface area contributed by atoms with Crippen LogP contribution in [0.5, 0.6) is 11.5 Å². The molecule has 0 saturated carbocycles. The third kappa shape index (κ3) is 7.39. The molecule has 0 amide bonds. The fourth-order valence-corrected chi connectivity index (χ4v) is 4.18. The summed E-state index contributed by atoms with van der Waals surface area (Å²) in [6.45, 7) is 6.22. The lowest BCUT2D eigenvalue weighted by atomic mass is 10.1. The summed E-state index contributed by atoms with van der Waals surface area (Å²) in [4.78, 5) is 16.4. The molecule has 1 atom stereocenters. The summed E-state index contributed by atoms with van der Waals surface area (Å²) >= 11 is 12.3. The van der Waals surface area contributed by atoms with Crippen LogP contribution in [0.15, 0.2) is 78.9 Å². The van der Waals surface area contributed by atoms with E-state index in [-0.39, 0.29) is 17.9 Å². The van der Waals surface area contributed by atoms with Crippen LogP contribution in [0.3, 0.4) is 0 Å². The molecule has 0 radical (unpaired) electrons. The van der Waals surface area contributed by atoms with Crippen molar-refractivity contribution in [1.82, 2.24) is 4.98 Å². The van der Waals surface area contributed by atoms with Gasteiger partial charge in [-0.05, 0) is 66.6 Å². The fraction of sp³-hybridized carbons (Fsp3) is 0.161. The molecule has 1 aromatic heterocycles. The highest BCUT2D eigenvalue weighted by Gasteiger charge is 2.18. The molecule has 0 aliphatic rings. The number of fused-ring (bicyclic) bond motifs is 1. The van der Waals surface area contributed by atoms with Gasteiger partial charge in [0.15, 0.2) is 0 Å². The van der Waals surface area contributed by atoms with Crippen LogP contribution in [0.4, 0.5) is 0 Å². The second kappa shape index (κ2) is 12.8. The van der Waals surface area contributed by atoms with Crippen LogP contribution in [0.2, 0.25) is 10.0 Å². The number of methoxy groups -OCH3 is 1. The Morgan fingerprint density at radius 2 is 1.85 bits per heavy atom. The van der Waals surface area contributed by atoms with Crippen molar-refractivity contribution < 1.29 is 24.1 Å². The van der Waals surface area contributed by atoms with Gasteiger partial charge in [-0.3, -0.25) is 0 Å². The number of hydrogen-bond donors (Lipinski definition) is 1. The maximum atomic E-state index is 11.8. The number of benzene rings is 3. The summed E-state index contributed by atoms with van der Waals surface area (Å²) in [5.41, 5.74) is 4.20. The zero-order valence-corrected chi connectivity index (χ0v) is 23.0. The monoisotopic (exact) mass is 563 g/mol. The largest absolute Gasteiger partial charge is 0.497 e. The minimum Gasteiger partial charge on any atom is -0.497 e. The van der Waals surface area contributed by atoms with Gasteiger partial charge >= 0.3 is 5.97 Å². The quantitative estimate of drug-likeness (QED) is 0.185. The molecule has 4 rings (SSSR count). The van der Waals surface area contributed by atoms with E-state index in [0.717, 1.165) is 33.3 Å². The molecule has 1 heterocycles. The highest BCUT2D eigenvalue weighted by molar-refractivity contribution is 6.42. The van der Waals surface area contributed by atoms with Gasteiger partial charge in [-0.15, -0.1) is 0 Å². The van der Waals surface area contributed by atoms with Crippen LogP contribution < -0.4 is 9.47 Å². The summed E-state index contributed by atoms with van der Waals surface area (Å²) in [6, 6.07) is 19.9. The summed E-state index contributed by atoms with van der Waals surface area (Å²) in [5.74, 6) is -0.447. The van der Waals surface area contributed by atoms with E-state index in [1.54, 1.807) is 24.3 Å². The lowest BCUT2D eigenvalue weighted by molar-refractivity contribution is 0.0314. The van der Waals surface area contributed by atoms with Crippen molar-refractivity contribution in [3.8, 4) is 11.5 Å². The number of nitrogens with zero attached hydrogens (tertiary/aromatic N) is 1. The maximum Gasteiger partial charge on any atom is 0.339 e. The Morgan fingerprint density at radius 3 is 2.59 bits per heavy atom. The van der Waals surface area contributed by atoms with Crippen LogP contribution in [0, 0.1) is 0 Å². The van der Waals surface area contributed by atoms with Crippen molar-refractivity contribution in [2.75, 3.05) is 20.3 Å². The number of rotatable bonds is 11. The highest BCUT2D eigenvalue weighted by Crippen LogP contribution is 2.29. The number of halogens is 2. The highest BCUT2D eigenvalue weighted by atomic mass is 35.5. The van der Waals surface area contributed by atoms with E-state index in [1.807, 2.05) is 55.5 Å². The van der Waals surface area contributed by atoms with Gasteiger partial charge in [0, 0.05) is 5.39 Å². The van der Waals surface area contributed by atoms with Crippen molar-refractivity contribution in [3.63, 3.8) is 0 Å². The van der Waals surface area contributed by atoms with Crippen molar-refractivity contribution in [3.05, 3.63) is 111 Å². The van der Waals surface area contributed by atoms with E-state index >= 15 is 0 Å². The topological polar surface area (TPSA) is 77.9 Å². The lowest BCUT2D eigenvalue weighted by Gasteiger charge is -2.20. The van der Waals surface area contributed by atoms with Gasteiger partial charge in [0.25, 0.3) is 0 Å². The first-order valence-electron chi connectivity index (χ1n) is 12.1. The number of carbonyl (C=O) groups is 1. The molecule has 0 aliphatic carbocycles. The number of aromatic carboxylic acids is 1. The van der Waals surface area contributed by atoms with Crippen molar-refractivity contribution in [2.45, 2.75) is 13.0 Å². The molecule has 6 nitrogen and oxygen atoms in total. The van der Waals surface area contributed by atoms with Gasteiger partial charge in [0.2, 0.25) is 0 Å². The summed E-state index contributed by atoms with van der Waals surface area (Å²) in [6.07, 6.45) is 3.40. The van der Waals surface area contributed by atoms with Crippen LogP contribution >= 0.6 is 23.2 Å².